The normalized spacial score (nSPS) is 12.6. The van der Waals surface area contributed by atoms with Crippen LogP contribution in [0.15, 0.2) is 53.6 Å². The Bertz CT molecular complexity index is 593. The average Bonchev–Trinajstić information content (AvgIpc) is 2.47. The Morgan fingerprint density at radius 2 is 1.67 bits per heavy atom. The first-order chi connectivity index (χ1) is 10.1. The van der Waals surface area contributed by atoms with Crippen molar-refractivity contribution in [2.75, 3.05) is 7.05 Å². The molecule has 1 unspecified atom stereocenters. The second kappa shape index (κ2) is 7.23. The third-order valence-corrected chi connectivity index (χ3v) is 3.63. The van der Waals surface area contributed by atoms with Crippen molar-refractivity contribution >= 4 is 0 Å². The molecule has 0 bridgehead atoms. The quantitative estimate of drug-likeness (QED) is 0.885. The van der Waals surface area contributed by atoms with E-state index in [-0.39, 0.29) is 11.5 Å². The van der Waals surface area contributed by atoms with E-state index in [4.69, 9.17) is 0 Å². The number of hydrogen-bond acceptors (Lipinski definition) is 2. The Kier molecular flexibility index (Phi) is 5.34. The van der Waals surface area contributed by atoms with Crippen LogP contribution in [0.4, 0.5) is 0 Å². The lowest BCUT2D eigenvalue weighted by Crippen LogP contribution is -2.22. The lowest BCUT2D eigenvalue weighted by atomic mass is 9.99. The molecule has 1 aromatic carbocycles. The van der Waals surface area contributed by atoms with Gasteiger partial charge >= 0.3 is 0 Å². The zero-order chi connectivity index (χ0) is 15.2. The van der Waals surface area contributed by atoms with Crippen LogP contribution in [-0.2, 0) is 13.0 Å². The van der Waals surface area contributed by atoms with Crippen LogP contribution in [0.5, 0.6) is 0 Å². The molecule has 0 fully saturated rings. The second-order valence-electron chi connectivity index (χ2n) is 5.91. The summed E-state index contributed by atoms with van der Waals surface area (Å²) in [5.74, 6) is 0.678. The maximum absolute atomic E-state index is 11.1. The van der Waals surface area contributed by atoms with Gasteiger partial charge in [0.1, 0.15) is 0 Å². The number of rotatable bonds is 6. The molecule has 0 amide bonds. The van der Waals surface area contributed by atoms with Crippen molar-refractivity contribution in [3.05, 3.63) is 70.1 Å². The van der Waals surface area contributed by atoms with Crippen molar-refractivity contribution in [2.24, 2.45) is 5.92 Å². The molecule has 2 aromatic rings. The molecule has 3 heteroatoms. The first-order valence-corrected chi connectivity index (χ1v) is 7.50. The van der Waals surface area contributed by atoms with Crippen LogP contribution < -0.4 is 10.7 Å². The van der Waals surface area contributed by atoms with E-state index in [2.05, 4.69) is 43.4 Å². The highest BCUT2D eigenvalue weighted by atomic mass is 16.1. The van der Waals surface area contributed by atoms with Gasteiger partial charge in [0.15, 0.2) is 5.43 Å². The molecule has 0 spiro atoms. The first-order valence-electron chi connectivity index (χ1n) is 7.50. The smallest absolute Gasteiger partial charge is 0.181 e. The zero-order valence-electron chi connectivity index (χ0n) is 13.0. The Morgan fingerprint density at radius 3 is 2.19 bits per heavy atom. The van der Waals surface area contributed by atoms with E-state index in [1.54, 1.807) is 12.1 Å². The van der Waals surface area contributed by atoms with Crippen molar-refractivity contribution in [1.82, 2.24) is 9.88 Å². The van der Waals surface area contributed by atoms with Crippen molar-refractivity contribution in [1.29, 1.82) is 0 Å². The Labute approximate surface area is 126 Å². The van der Waals surface area contributed by atoms with Crippen LogP contribution in [0.2, 0.25) is 0 Å². The molecule has 1 aromatic heterocycles. The highest BCUT2D eigenvalue weighted by Gasteiger charge is 2.09. The molecule has 112 valence electrons. The van der Waals surface area contributed by atoms with Crippen LogP contribution in [-0.4, -0.2) is 11.6 Å². The number of likely N-dealkylation sites (N-methyl/N-ethyl adjacent to an activating group) is 1. The van der Waals surface area contributed by atoms with Crippen molar-refractivity contribution in [3.8, 4) is 0 Å². The summed E-state index contributed by atoms with van der Waals surface area (Å²) in [6, 6.07) is 12.2. The molecule has 21 heavy (non-hydrogen) atoms. The van der Waals surface area contributed by atoms with Gasteiger partial charge in [-0.05, 0) is 30.5 Å². The van der Waals surface area contributed by atoms with Gasteiger partial charge in [-0.1, -0.05) is 38.1 Å². The van der Waals surface area contributed by atoms with Crippen LogP contribution in [0.3, 0.4) is 0 Å². The minimum atomic E-state index is 0.0466. The van der Waals surface area contributed by atoms with E-state index in [9.17, 15) is 4.79 Å². The zero-order valence-corrected chi connectivity index (χ0v) is 13.0. The van der Waals surface area contributed by atoms with Gasteiger partial charge in [-0.15, -0.1) is 0 Å². The van der Waals surface area contributed by atoms with Gasteiger partial charge in [0.2, 0.25) is 0 Å². The third-order valence-electron chi connectivity index (χ3n) is 3.63. The van der Waals surface area contributed by atoms with E-state index in [1.165, 1.54) is 11.1 Å². The van der Waals surface area contributed by atoms with Gasteiger partial charge < -0.3 is 9.88 Å². The topological polar surface area (TPSA) is 34.0 Å². The summed E-state index contributed by atoms with van der Waals surface area (Å²) < 4.78 is 2.03. The molecule has 0 saturated carbocycles. The Hall–Kier alpha value is -1.87. The lowest BCUT2D eigenvalue weighted by molar-refractivity contribution is 0.498. The van der Waals surface area contributed by atoms with Gasteiger partial charge in [-0.3, -0.25) is 4.79 Å². The summed E-state index contributed by atoms with van der Waals surface area (Å²) in [6.07, 6.45) is 4.78. The van der Waals surface area contributed by atoms with E-state index in [0.717, 1.165) is 13.0 Å². The second-order valence-corrected chi connectivity index (χ2v) is 5.91. The highest BCUT2D eigenvalue weighted by molar-refractivity contribution is 5.25. The van der Waals surface area contributed by atoms with Gasteiger partial charge in [0, 0.05) is 37.1 Å². The van der Waals surface area contributed by atoms with Gasteiger partial charge in [-0.2, -0.15) is 0 Å². The summed E-state index contributed by atoms with van der Waals surface area (Å²) in [5.41, 5.74) is 2.70. The molecule has 0 aliphatic rings. The van der Waals surface area contributed by atoms with E-state index >= 15 is 0 Å². The lowest BCUT2D eigenvalue weighted by Gasteiger charge is -2.19. The minimum Gasteiger partial charge on any atom is -0.352 e. The molecule has 1 N–H and O–H groups in total. The van der Waals surface area contributed by atoms with Crippen molar-refractivity contribution < 1.29 is 0 Å². The SMILES string of the molecule is CNC(Cn1ccc(=O)cc1)c1ccc(CC(C)C)cc1. The fourth-order valence-corrected chi connectivity index (χ4v) is 2.50. The van der Waals surface area contributed by atoms with E-state index in [0.29, 0.717) is 5.92 Å². The van der Waals surface area contributed by atoms with Gasteiger partial charge in [0.05, 0.1) is 0 Å². The maximum atomic E-state index is 11.1. The largest absolute Gasteiger partial charge is 0.352 e. The fraction of sp³-hybridized carbons (Fsp3) is 0.389. The summed E-state index contributed by atoms with van der Waals surface area (Å²) in [5, 5.41) is 3.34. The van der Waals surface area contributed by atoms with E-state index in [1.807, 2.05) is 24.0 Å². The monoisotopic (exact) mass is 284 g/mol. The maximum Gasteiger partial charge on any atom is 0.181 e. The molecule has 2 rings (SSSR count). The molecule has 3 nitrogen and oxygen atoms in total. The predicted octanol–water partition coefficient (Wildman–Crippen LogP) is 3.01. The fourth-order valence-electron chi connectivity index (χ4n) is 2.50. The van der Waals surface area contributed by atoms with Crippen LogP contribution in [0.1, 0.15) is 31.0 Å². The molecular weight excluding hydrogens is 260 g/mol. The van der Waals surface area contributed by atoms with Crippen molar-refractivity contribution in [2.45, 2.75) is 32.9 Å². The molecule has 0 radical (unpaired) electrons. The average molecular weight is 284 g/mol. The van der Waals surface area contributed by atoms with Gasteiger partial charge in [0.25, 0.3) is 0 Å². The highest BCUT2D eigenvalue weighted by Crippen LogP contribution is 2.17. The summed E-state index contributed by atoms with van der Waals surface area (Å²) in [7, 11) is 1.97. The molecule has 1 heterocycles. The minimum absolute atomic E-state index is 0.0466. The molecule has 0 aliphatic carbocycles. The van der Waals surface area contributed by atoms with E-state index < -0.39 is 0 Å². The van der Waals surface area contributed by atoms with Crippen molar-refractivity contribution in [3.63, 3.8) is 0 Å². The molecule has 1 atom stereocenters. The number of benzene rings is 1. The summed E-state index contributed by atoms with van der Waals surface area (Å²) in [6.45, 7) is 5.28. The van der Waals surface area contributed by atoms with Gasteiger partial charge in [-0.25, -0.2) is 0 Å². The summed E-state index contributed by atoms with van der Waals surface area (Å²) in [4.78, 5) is 11.1. The molecule has 0 saturated heterocycles. The number of nitrogens with zero attached hydrogens (tertiary/aromatic N) is 1. The number of nitrogens with one attached hydrogen (secondary N) is 1. The molecule has 0 aliphatic heterocycles. The van der Waals surface area contributed by atoms with Crippen LogP contribution in [0, 0.1) is 5.92 Å². The van der Waals surface area contributed by atoms with Crippen LogP contribution in [0.25, 0.3) is 0 Å². The number of pyridine rings is 1. The Balaban J connectivity index is 2.09. The van der Waals surface area contributed by atoms with Crippen LogP contribution >= 0.6 is 0 Å². The standard InChI is InChI=1S/C18H24N2O/c1-14(2)12-15-4-6-16(7-5-15)18(19-3)13-20-10-8-17(21)9-11-20/h4-11,14,18-19H,12-13H2,1-3H3. The predicted molar refractivity (Wildman–Crippen MR) is 87.5 cm³/mol. The number of hydrogen-bond donors (Lipinski definition) is 1. The number of aromatic nitrogens is 1. The summed E-state index contributed by atoms with van der Waals surface area (Å²) >= 11 is 0. The molecular formula is C18H24N2O. The third kappa shape index (κ3) is 4.57. The first kappa shape index (κ1) is 15.5. The Morgan fingerprint density at radius 1 is 1.05 bits per heavy atom.